The third kappa shape index (κ3) is 3.97. The average molecular weight is 349 g/mol. The van der Waals surface area contributed by atoms with Gasteiger partial charge in [0.15, 0.2) is 18.2 Å². The van der Waals surface area contributed by atoms with Crippen LogP contribution in [0.3, 0.4) is 0 Å². The van der Waals surface area contributed by atoms with Crippen molar-refractivity contribution in [2.75, 3.05) is 19.7 Å². The van der Waals surface area contributed by atoms with Crippen LogP contribution in [0.15, 0.2) is 30.6 Å². The van der Waals surface area contributed by atoms with Crippen molar-refractivity contribution in [2.45, 2.75) is 32.2 Å². The molecule has 5 nitrogen and oxygen atoms in total. The lowest BCUT2D eigenvalue weighted by Gasteiger charge is -2.34. The van der Waals surface area contributed by atoms with Crippen LogP contribution >= 0.6 is 0 Å². The maximum absolute atomic E-state index is 13.6. The number of likely N-dealkylation sites (tertiary alicyclic amines) is 1. The van der Waals surface area contributed by atoms with Crippen LogP contribution in [0.4, 0.5) is 8.78 Å². The summed E-state index contributed by atoms with van der Waals surface area (Å²) in [6.07, 6.45) is 6.41. The maximum Gasteiger partial charge on any atom is 0.260 e. The SMILES string of the molecule is CCc1nccn1[C@H]1CCCN(C(=O)COc2cc(F)ccc2F)C1. The lowest BCUT2D eigenvalue weighted by atomic mass is 10.1. The number of aryl methyl sites for hydroxylation is 1. The summed E-state index contributed by atoms with van der Waals surface area (Å²) in [4.78, 5) is 18.4. The summed E-state index contributed by atoms with van der Waals surface area (Å²) in [5.74, 6) is -0.764. The van der Waals surface area contributed by atoms with Crippen LogP contribution in [0.2, 0.25) is 0 Å². The van der Waals surface area contributed by atoms with Crippen molar-refractivity contribution in [3.05, 3.63) is 48.1 Å². The summed E-state index contributed by atoms with van der Waals surface area (Å²) >= 11 is 0. The Labute approximate surface area is 145 Å². The van der Waals surface area contributed by atoms with Gasteiger partial charge in [0.1, 0.15) is 11.6 Å². The zero-order chi connectivity index (χ0) is 17.8. The number of benzene rings is 1. The van der Waals surface area contributed by atoms with E-state index in [4.69, 9.17) is 4.74 Å². The fourth-order valence-electron chi connectivity index (χ4n) is 3.18. The smallest absolute Gasteiger partial charge is 0.260 e. The predicted molar refractivity (Wildman–Crippen MR) is 88.3 cm³/mol. The van der Waals surface area contributed by atoms with E-state index in [1.54, 1.807) is 11.1 Å². The minimum Gasteiger partial charge on any atom is -0.481 e. The molecule has 1 aromatic carbocycles. The van der Waals surface area contributed by atoms with E-state index in [1.807, 2.05) is 13.1 Å². The van der Waals surface area contributed by atoms with Crippen LogP contribution in [0.25, 0.3) is 0 Å². The Kier molecular flexibility index (Phi) is 5.31. The molecule has 0 spiro atoms. The van der Waals surface area contributed by atoms with E-state index in [-0.39, 0.29) is 24.3 Å². The van der Waals surface area contributed by atoms with Gasteiger partial charge in [0, 0.05) is 38.0 Å². The topological polar surface area (TPSA) is 47.4 Å². The van der Waals surface area contributed by atoms with E-state index < -0.39 is 11.6 Å². The van der Waals surface area contributed by atoms with Crippen LogP contribution in [0.5, 0.6) is 5.75 Å². The average Bonchev–Trinajstić information content (AvgIpc) is 3.11. The number of aromatic nitrogens is 2. The molecule has 0 N–H and O–H groups in total. The lowest BCUT2D eigenvalue weighted by Crippen LogP contribution is -2.43. The van der Waals surface area contributed by atoms with Crippen molar-refractivity contribution in [3.8, 4) is 5.75 Å². The van der Waals surface area contributed by atoms with Gasteiger partial charge in [-0.25, -0.2) is 13.8 Å². The zero-order valence-electron chi connectivity index (χ0n) is 14.1. The molecule has 7 heteroatoms. The number of ether oxygens (including phenoxy) is 1. The van der Waals surface area contributed by atoms with E-state index in [0.29, 0.717) is 13.1 Å². The number of hydrogen-bond acceptors (Lipinski definition) is 3. The highest BCUT2D eigenvalue weighted by Crippen LogP contribution is 2.23. The number of carbonyl (C=O) groups excluding carboxylic acids is 1. The molecule has 1 atom stereocenters. The first-order valence-corrected chi connectivity index (χ1v) is 8.45. The maximum atomic E-state index is 13.6. The van der Waals surface area contributed by atoms with Crippen molar-refractivity contribution in [3.63, 3.8) is 0 Å². The van der Waals surface area contributed by atoms with Crippen molar-refractivity contribution in [2.24, 2.45) is 0 Å². The number of amides is 1. The molecule has 1 aliphatic rings. The van der Waals surface area contributed by atoms with Crippen LogP contribution < -0.4 is 4.74 Å². The quantitative estimate of drug-likeness (QED) is 0.834. The first-order chi connectivity index (χ1) is 12.1. The zero-order valence-corrected chi connectivity index (χ0v) is 14.1. The van der Waals surface area contributed by atoms with Gasteiger partial charge in [-0.2, -0.15) is 0 Å². The molecule has 134 valence electrons. The van der Waals surface area contributed by atoms with Gasteiger partial charge >= 0.3 is 0 Å². The highest BCUT2D eigenvalue weighted by Gasteiger charge is 2.26. The number of piperidine rings is 1. The van der Waals surface area contributed by atoms with E-state index in [9.17, 15) is 13.6 Å². The number of nitrogens with zero attached hydrogens (tertiary/aromatic N) is 3. The predicted octanol–water partition coefficient (Wildman–Crippen LogP) is 2.97. The molecule has 0 saturated carbocycles. The molecule has 1 saturated heterocycles. The third-order valence-corrected chi connectivity index (χ3v) is 4.45. The Hall–Kier alpha value is -2.44. The van der Waals surface area contributed by atoms with Gasteiger partial charge < -0.3 is 14.2 Å². The van der Waals surface area contributed by atoms with Gasteiger partial charge in [0.05, 0.1) is 6.04 Å². The molecule has 1 aromatic heterocycles. The summed E-state index contributed by atoms with van der Waals surface area (Å²) in [6.45, 7) is 2.95. The van der Waals surface area contributed by atoms with Gasteiger partial charge in [0.2, 0.25) is 0 Å². The van der Waals surface area contributed by atoms with E-state index >= 15 is 0 Å². The Balaban J connectivity index is 1.61. The Morgan fingerprint density at radius 2 is 2.24 bits per heavy atom. The molecule has 1 aliphatic heterocycles. The highest BCUT2D eigenvalue weighted by molar-refractivity contribution is 5.77. The fraction of sp³-hybridized carbons (Fsp3) is 0.444. The Morgan fingerprint density at radius 1 is 1.40 bits per heavy atom. The summed E-state index contributed by atoms with van der Waals surface area (Å²) in [7, 11) is 0. The van der Waals surface area contributed by atoms with Crippen molar-refractivity contribution in [1.82, 2.24) is 14.5 Å². The van der Waals surface area contributed by atoms with Crippen LogP contribution in [0, 0.1) is 11.6 Å². The molecule has 3 rings (SSSR count). The van der Waals surface area contributed by atoms with E-state index in [2.05, 4.69) is 9.55 Å². The van der Waals surface area contributed by atoms with Gasteiger partial charge in [-0.3, -0.25) is 4.79 Å². The van der Waals surface area contributed by atoms with Gasteiger partial charge in [-0.1, -0.05) is 6.92 Å². The normalized spacial score (nSPS) is 17.6. The van der Waals surface area contributed by atoms with Gasteiger partial charge in [-0.05, 0) is 25.0 Å². The standard InChI is InChI=1S/C18H21F2N3O2/c1-2-17-21-7-9-23(17)14-4-3-8-22(11-14)18(24)12-25-16-10-13(19)5-6-15(16)20/h5-7,9-10,14H,2-4,8,11-12H2,1H3/t14-/m0/s1. The molecular formula is C18H21F2N3O2. The monoisotopic (exact) mass is 349 g/mol. The number of rotatable bonds is 5. The fourth-order valence-corrected chi connectivity index (χ4v) is 3.18. The summed E-state index contributed by atoms with van der Waals surface area (Å²) in [5, 5.41) is 0. The minimum atomic E-state index is -0.684. The largest absolute Gasteiger partial charge is 0.481 e. The second-order valence-electron chi connectivity index (χ2n) is 6.10. The second kappa shape index (κ2) is 7.63. The molecular weight excluding hydrogens is 328 g/mol. The summed E-state index contributed by atoms with van der Waals surface area (Å²) < 4.78 is 34.0. The number of hydrogen-bond donors (Lipinski definition) is 0. The molecule has 2 heterocycles. The first-order valence-electron chi connectivity index (χ1n) is 8.45. The highest BCUT2D eigenvalue weighted by atomic mass is 19.1. The third-order valence-electron chi connectivity index (χ3n) is 4.45. The van der Waals surface area contributed by atoms with Crippen molar-refractivity contribution in [1.29, 1.82) is 0 Å². The molecule has 0 bridgehead atoms. The van der Waals surface area contributed by atoms with Crippen LogP contribution in [-0.2, 0) is 11.2 Å². The van der Waals surface area contributed by atoms with Gasteiger partial charge in [0.25, 0.3) is 5.91 Å². The van der Waals surface area contributed by atoms with Crippen LogP contribution in [0.1, 0.15) is 31.6 Å². The first kappa shape index (κ1) is 17.4. The number of imidazole rings is 1. The van der Waals surface area contributed by atoms with Crippen molar-refractivity contribution >= 4 is 5.91 Å². The second-order valence-corrected chi connectivity index (χ2v) is 6.10. The number of carbonyl (C=O) groups is 1. The van der Waals surface area contributed by atoms with Crippen molar-refractivity contribution < 1.29 is 18.3 Å². The Bertz CT molecular complexity index is 748. The molecule has 0 radical (unpaired) electrons. The van der Waals surface area contributed by atoms with E-state index in [1.165, 1.54) is 0 Å². The number of halogens is 2. The summed E-state index contributed by atoms with van der Waals surface area (Å²) in [5.41, 5.74) is 0. The lowest BCUT2D eigenvalue weighted by molar-refractivity contribution is -0.135. The molecule has 1 amide bonds. The molecule has 25 heavy (non-hydrogen) atoms. The van der Waals surface area contributed by atoms with E-state index in [0.717, 1.165) is 43.3 Å². The molecule has 2 aromatic rings. The van der Waals surface area contributed by atoms with Crippen LogP contribution in [-0.4, -0.2) is 40.1 Å². The Morgan fingerprint density at radius 3 is 3.04 bits per heavy atom. The minimum absolute atomic E-state index is 0.182. The molecule has 1 fully saturated rings. The molecule has 0 aliphatic carbocycles. The van der Waals surface area contributed by atoms with Gasteiger partial charge in [-0.15, -0.1) is 0 Å². The summed E-state index contributed by atoms with van der Waals surface area (Å²) in [6, 6.07) is 3.12. The molecule has 0 unspecified atom stereocenters.